The summed E-state index contributed by atoms with van der Waals surface area (Å²) in [7, 11) is 0. The first kappa shape index (κ1) is 9.63. The number of nitrogens with two attached hydrogens (primary N) is 1. The molecule has 2 heteroatoms. The molecule has 2 nitrogen and oxygen atoms in total. The average molecular weight is 143 g/mol. The van der Waals surface area contributed by atoms with Crippen LogP contribution in [-0.4, -0.2) is 11.8 Å². The Morgan fingerprint density at radius 3 is 2.30 bits per heavy atom. The number of Topliss-reactive ketones (excluding diaryl/α,β-unsaturated/α-hetero) is 1. The van der Waals surface area contributed by atoms with Crippen molar-refractivity contribution < 1.29 is 4.79 Å². The monoisotopic (exact) mass is 143 g/mol. The topological polar surface area (TPSA) is 43.1 Å². The number of carbonyl (C=O) groups excluding carboxylic acids is 1. The second-order valence-corrected chi connectivity index (χ2v) is 3.15. The quantitative estimate of drug-likeness (QED) is 0.645. The first-order valence-electron chi connectivity index (χ1n) is 3.79. The van der Waals surface area contributed by atoms with Gasteiger partial charge in [0.2, 0.25) is 0 Å². The number of hydrogen-bond donors (Lipinski definition) is 1. The number of hydrogen-bond acceptors (Lipinski definition) is 2. The molecule has 0 saturated carbocycles. The Labute approximate surface area is 62.8 Å². The third-order valence-corrected chi connectivity index (χ3v) is 1.69. The van der Waals surface area contributed by atoms with Crippen LogP contribution in [0.5, 0.6) is 0 Å². The summed E-state index contributed by atoms with van der Waals surface area (Å²) in [4.78, 5) is 10.5. The van der Waals surface area contributed by atoms with Crippen molar-refractivity contribution in [2.45, 2.75) is 39.7 Å². The molecule has 2 N–H and O–H groups in total. The smallest absolute Gasteiger partial charge is 0.129 e. The maximum absolute atomic E-state index is 10.5. The van der Waals surface area contributed by atoms with Crippen molar-refractivity contribution in [2.24, 2.45) is 11.7 Å². The fourth-order valence-electron chi connectivity index (χ4n) is 0.703. The van der Waals surface area contributed by atoms with Crippen molar-refractivity contribution in [2.75, 3.05) is 0 Å². The van der Waals surface area contributed by atoms with E-state index in [-0.39, 0.29) is 11.8 Å². The molecule has 0 heterocycles. The SMILES string of the molecule is CC(=O)CCC(N)C(C)C. The Hall–Kier alpha value is -0.370. The fraction of sp³-hybridized carbons (Fsp3) is 0.875. The largest absolute Gasteiger partial charge is 0.327 e. The summed E-state index contributed by atoms with van der Waals surface area (Å²) in [6, 6.07) is 0.184. The molecule has 0 radical (unpaired) electrons. The summed E-state index contributed by atoms with van der Waals surface area (Å²) >= 11 is 0. The van der Waals surface area contributed by atoms with E-state index >= 15 is 0 Å². The van der Waals surface area contributed by atoms with E-state index in [0.717, 1.165) is 6.42 Å². The van der Waals surface area contributed by atoms with E-state index in [1.165, 1.54) is 0 Å². The maximum atomic E-state index is 10.5. The first-order chi connectivity index (χ1) is 4.54. The molecule has 0 aromatic heterocycles. The average Bonchev–Trinajstić information content (AvgIpc) is 1.82. The molecule has 0 saturated heterocycles. The second kappa shape index (κ2) is 4.45. The number of carbonyl (C=O) groups is 1. The van der Waals surface area contributed by atoms with Gasteiger partial charge in [0.1, 0.15) is 5.78 Å². The van der Waals surface area contributed by atoms with Gasteiger partial charge >= 0.3 is 0 Å². The molecule has 0 fully saturated rings. The van der Waals surface area contributed by atoms with Gasteiger partial charge in [-0.25, -0.2) is 0 Å². The molecule has 0 rings (SSSR count). The van der Waals surface area contributed by atoms with Crippen molar-refractivity contribution in [1.82, 2.24) is 0 Å². The predicted molar refractivity (Wildman–Crippen MR) is 42.7 cm³/mol. The zero-order valence-electron chi connectivity index (χ0n) is 7.05. The Bertz CT molecular complexity index is 110. The lowest BCUT2D eigenvalue weighted by molar-refractivity contribution is -0.117. The first-order valence-corrected chi connectivity index (χ1v) is 3.79. The fourth-order valence-corrected chi connectivity index (χ4v) is 0.703. The minimum Gasteiger partial charge on any atom is -0.327 e. The van der Waals surface area contributed by atoms with Gasteiger partial charge in [0.05, 0.1) is 0 Å². The van der Waals surface area contributed by atoms with Gasteiger partial charge in [0, 0.05) is 12.5 Å². The highest BCUT2D eigenvalue weighted by molar-refractivity contribution is 5.75. The Balaban J connectivity index is 3.39. The van der Waals surface area contributed by atoms with E-state index < -0.39 is 0 Å². The van der Waals surface area contributed by atoms with Gasteiger partial charge in [-0.15, -0.1) is 0 Å². The van der Waals surface area contributed by atoms with Gasteiger partial charge in [-0.1, -0.05) is 13.8 Å². The molecular weight excluding hydrogens is 126 g/mol. The van der Waals surface area contributed by atoms with E-state index in [1.807, 2.05) is 0 Å². The second-order valence-electron chi connectivity index (χ2n) is 3.15. The van der Waals surface area contributed by atoms with Crippen LogP contribution in [0.3, 0.4) is 0 Å². The molecule has 0 amide bonds. The molecule has 0 aromatic carbocycles. The Morgan fingerprint density at radius 1 is 1.50 bits per heavy atom. The zero-order valence-corrected chi connectivity index (χ0v) is 7.05. The summed E-state index contributed by atoms with van der Waals surface area (Å²) in [6.45, 7) is 5.75. The molecule has 0 bridgehead atoms. The van der Waals surface area contributed by atoms with Crippen LogP contribution in [0, 0.1) is 5.92 Å². The third kappa shape index (κ3) is 4.50. The van der Waals surface area contributed by atoms with Crippen LogP contribution in [-0.2, 0) is 4.79 Å². The van der Waals surface area contributed by atoms with Crippen LogP contribution >= 0.6 is 0 Å². The Kier molecular flexibility index (Phi) is 4.28. The van der Waals surface area contributed by atoms with Gasteiger partial charge in [-0.2, -0.15) is 0 Å². The van der Waals surface area contributed by atoms with Crippen molar-refractivity contribution in [3.05, 3.63) is 0 Å². The lowest BCUT2D eigenvalue weighted by Gasteiger charge is -2.13. The summed E-state index contributed by atoms with van der Waals surface area (Å²) in [5.74, 6) is 0.718. The van der Waals surface area contributed by atoms with Crippen molar-refractivity contribution in [3.8, 4) is 0 Å². The standard InChI is InChI=1S/C8H17NO/c1-6(2)8(9)5-4-7(3)10/h6,8H,4-5,9H2,1-3H3. The zero-order chi connectivity index (χ0) is 8.15. The molecule has 1 atom stereocenters. The van der Waals surface area contributed by atoms with Crippen molar-refractivity contribution in [3.63, 3.8) is 0 Å². The van der Waals surface area contributed by atoms with Crippen LogP contribution in [0.4, 0.5) is 0 Å². The highest BCUT2D eigenvalue weighted by atomic mass is 16.1. The minimum absolute atomic E-state index is 0.184. The molecule has 0 spiro atoms. The van der Waals surface area contributed by atoms with Crippen LogP contribution in [0.15, 0.2) is 0 Å². The highest BCUT2D eigenvalue weighted by Crippen LogP contribution is 2.05. The summed E-state index contributed by atoms with van der Waals surface area (Å²) in [5, 5.41) is 0. The molecule has 0 aliphatic heterocycles. The lowest BCUT2D eigenvalue weighted by atomic mass is 9.99. The van der Waals surface area contributed by atoms with Gasteiger partial charge in [-0.05, 0) is 19.3 Å². The van der Waals surface area contributed by atoms with E-state index in [4.69, 9.17) is 5.73 Å². The minimum atomic E-state index is 0.184. The maximum Gasteiger partial charge on any atom is 0.129 e. The van der Waals surface area contributed by atoms with Crippen molar-refractivity contribution in [1.29, 1.82) is 0 Å². The molecule has 60 valence electrons. The van der Waals surface area contributed by atoms with Crippen LogP contribution in [0.2, 0.25) is 0 Å². The third-order valence-electron chi connectivity index (χ3n) is 1.69. The van der Waals surface area contributed by atoms with Gasteiger partial charge in [0.25, 0.3) is 0 Å². The van der Waals surface area contributed by atoms with Gasteiger partial charge in [-0.3, -0.25) is 0 Å². The molecular formula is C8H17NO. The van der Waals surface area contributed by atoms with Gasteiger partial charge in [0.15, 0.2) is 0 Å². The molecule has 1 unspecified atom stereocenters. The van der Waals surface area contributed by atoms with E-state index in [2.05, 4.69) is 13.8 Å². The summed E-state index contributed by atoms with van der Waals surface area (Å²) in [6.07, 6.45) is 1.45. The highest BCUT2D eigenvalue weighted by Gasteiger charge is 2.07. The van der Waals surface area contributed by atoms with Crippen LogP contribution in [0.25, 0.3) is 0 Å². The summed E-state index contributed by atoms with van der Waals surface area (Å²) in [5.41, 5.74) is 5.71. The van der Waals surface area contributed by atoms with E-state index in [1.54, 1.807) is 6.92 Å². The van der Waals surface area contributed by atoms with Crippen molar-refractivity contribution >= 4 is 5.78 Å². The molecule has 0 aliphatic carbocycles. The molecule has 10 heavy (non-hydrogen) atoms. The van der Waals surface area contributed by atoms with E-state index in [9.17, 15) is 4.79 Å². The lowest BCUT2D eigenvalue weighted by Crippen LogP contribution is -2.26. The predicted octanol–water partition coefficient (Wildman–Crippen LogP) is 1.34. The summed E-state index contributed by atoms with van der Waals surface area (Å²) < 4.78 is 0. The van der Waals surface area contributed by atoms with Gasteiger partial charge < -0.3 is 10.5 Å². The van der Waals surface area contributed by atoms with E-state index in [0.29, 0.717) is 12.3 Å². The van der Waals surface area contributed by atoms with Crippen LogP contribution in [0.1, 0.15) is 33.6 Å². The Morgan fingerprint density at radius 2 is 2.00 bits per heavy atom. The molecule has 0 aromatic rings. The number of rotatable bonds is 4. The van der Waals surface area contributed by atoms with Crippen LogP contribution < -0.4 is 5.73 Å². The normalized spacial score (nSPS) is 13.7. The number of ketones is 1. The molecule has 0 aliphatic rings.